The number of likely N-dealkylation sites (tertiary alicyclic amines) is 1. The molecule has 1 saturated heterocycles. The van der Waals surface area contributed by atoms with Crippen LogP contribution in [0.1, 0.15) is 31.7 Å². The van der Waals surface area contributed by atoms with E-state index in [9.17, 15) is 9.18 Å². The van der Waals surface area contributed by atoms with Crippen molar-refractivity contribution in [2.45, 2.75) is 32.7 Å². The van der Waals surface area contributed by atoms with Crippen LogP contribution in [-0.4, -0.2) is 41.4 Å². The van der Waals surface area contributed by atoms with Crippen molar-refractivity contribution in [1.29, 1.82) is 0 Å². The van der Waals surface area contributed by atoms with E-state index in [4.69, 9.17) is 15.5 Å². The minimum absolute atomic E-state index is 0.252. The zero-order valence-electron chi connectivity index (χ0n) is 17.2. The first-order chi connectivity index (χ1) is 14.5. The summed E-state index contributed by atoms with van der Waals surface area (Å²) in [5.74, 6) is 1.50. The molecule has 1 fully saturated rings. The molecule has 2 heterocycles. The molecule has 7 nitrogen and oxygen atoms in total. The third-order valence-electron chi connectivity index (χ3n) is 4.89. The van der Waals surface area contributed by atoms with Gasteiger partial charge in [0.1, 0.15) is 11.6 Å². The number of hydrogen-bond acceptors (Lipinski definition) is 4. The van der Waals surface area contributed by atoms with Gasteiger partial charge in [-0.1, -0.05) is 6.07 Å². The van der Waals surface area contributed by atoms with Crippen LogP contribution >= 0.6 is 0 Å². The summed E-state index contributed by atoms with van der Waals surface area (Å²) >= 11 is 0. The number of rotatable bonds is 7. The molecule has 3 N–H and O–H groups in total. The molecule has 0 radical (unpaired) electrons. The molecule has 0 aliphatic carbocycles. The Morgan fingerprint density at radius 3 is 2.80 bits per heavy atom. The van der Waals surface area contributed by atoms with E-state index in [-0.39, 0.29) is 17.6 Å². The van der Waals surface area contributed by atoms with Crippen LogP contribution in [0.2, 0.25) is 0 Å². The molecule has 1 aromatic carbocycles. The summed E-state index contributed by atoms with van der Waals surface area (Å²) in [6.07, 6.45) is 4.16. The fourth-order valence-corrected chi connectivity index (χ4v) is 3.49. The van der Waals surface area contributed by atoms with Gasteiger partial charge < -0.3 is 20.7 Å². The summed E-state index contributed by atoms with van der Waals surface area (Å²) in [6, 6.07) is 9.48. The third kappa shape index (κ3) is 6.43. The van der Waals surface area contributed by atoms with Crippen LogP contribution in [0.5, 0.6) is 11.6 Å². The van der Waals surface area contributed by atoms with Gasteiger partial charge in [0.2, 0.25) is 11.8 Å². The molecule has 1 atom stereocenters. The molecule has 3 rings (SSSR count). The van der Waals surface area contributed by atoms with Crippen molar-refractivity contribution in [3.8, 4) is 11.6 Å². The first-order valence-electron chi connectivity index (χ1n) is 10.2. The van der Waals surface area contributed by atoms with E-state index in [0.717, 1.165) is 44.0 Å². The fraction of sp³-hybridized carbons (Fsp3) is 0.409. The van der Waals surface area contributed by atoms with Crippen LogP contribution in [0.4, 0.5) is 4.39 Å². The number of aliphatic imine (C=N–C) groups is 1. The molecule has 1 aromatic heterocycles. The van der Waals surface area contributed by atoms with Crippen molar-refractivity contribution in [3.63, 3.8) is 0 Å². The molecule has 1 aliphatic heterocycles. The first kappa shape index (κ1) is 21.5. The minimum Gasteiger partial charge on any atom is -0.439 e. The smallest absolute Gasteiger partial charge is 0.219 e. The van der Waals surface area contributed by atoms with E-state index in [1.165, 1.54) is 12.1 Å². The van der Waals surface area contributed by atoms with E-state index >= 15 is 0 Å². The van der Waals surface area contributed by atoms with Crippen molar-refractivity contribution in [2.75, 3.05) is 19.6 Å². The van der Waals surface area contributed by atoms with Crippen molar-refractivity contribution >= 4 is 11.9 Å². The van der Waals surface area contributed by atoms with Gasteiger partial charge in [-0.05, 0) is 55.5 Å². The molecular weight excluding hydrogens is 385 g/mol. The summed E-state index contributed by atoms with van der Waals surface area (Å²) in [4.78, 5) is 22.5. The van der Waals surface area contributed by atoms with Gasteiger partial charge in [-0.3, -0.25) is 4.79 Å². The van der Waals surface area contributed by atoms with Crippen LogP contribution < -0.4 is 15.8 Å². The SMILES string of the molecule is CCNC(=NCc1ccc(Oc2ccc(F)cc2)nc1)N1CCCC(CC(N)=O)C1. The minimum atomic E-state index is -0.310. The number of carbonyl (C=O) groups excluding carboxylic acids is 1. The molecule has 160 valence electrons. The van der Waals surface area contributed by atoms with E-state index in [1.54, 1.807) is 24.4 Å². The molecule has 0 saturated carbocycles. The second-order valence-corrected chi connectivity index (χ2v) is 7.36. The number of hydrogen-bond donors (Lipinski definition) is 2. The maximum atomic E-state index is 13.0. The molecular formula is C22H28FN5O2. The summed E-state index contributed by atoms with van der Waals surface area (Å²) in [5, 5.41) is 3.33. The van der Waals surface area contributed by atoms with Crippen molar-refractivity contribution in [3.05, 3.63) is 54.0 Å². The van der Waals surface area contributed by atoms with Crippen molar-refractivity contribution in [1.82, 2.24) is 15.2 Å². The number of guanidine groups is 1. The number of halogens is 1. The third-order valence-corrected chi connectivity index (χ3v) is 4.89. The maximum Gasteiger partial charge on any atom is 0.219 e. The highest BCUT2D eigenvalue weighted by Crippen LogP contribution is 2.21. The molecule has 1 aliphatic rings. The van der Waals surface area contributed by atoms with Crippen LogP contribution in [0.3, 0.4) is 0 Å². The highest BCUT2D eigenvalue weighted by atomic mass is 19.1. The summed E-state index contributed by atoms with van der Waals surface area (Å²) in [6.45, 7) is 4.95. The normalized spacial score (nSPS) is 16.9. The second kappa shape index (κ2) is 10.6. The zero-order chi connectivity index (χ0) is 21.3. The van der Waals surface area contributed by atoms with Crippen LogP contribution in [0.25, 0.3) is 0 Å². The van der Waals surface area contributed by atoms with Gasteiger partial charge in [0.15, 0.2) is 5.96 Å². The number of carbonyl (C=O) groups is 1. The Morgan fingerprint density at radius 1 is 1.33 bits per heavy atom. The number of ether oxygens (including phenoxy) is 1. The van der Waals surface area contributed by atoms with Gasteiger partial charge in [0, 0.05) is 38.3 Å². The molecule has 1 unspecified atom stereocenters. The topological polar surface area (TPSA) is 92.8 Å². The number of piperidine rings is 1. The number of pyridine rings is 1. The predicted octanol–water partition coefficient (Wildman–Crippen LogP) is 3.07. The predicted molar refractivity (Wildman–Crippen MR) is 114 cm³/mol. The standard InChI is InChI=1S/C22H28FN5O2/c1-2-25-22(28-11-3-4-16(15-28)12-20(24)29)27-14-17-5-10-21(26-13-17)30-19-8-6-18(23)7-9-19/h5-10,13,16H,2-4,11-12,14-15H2,1H3,(H2,24,29)(H,25,27). The lowest BCUT2D eigenvalue weighted by atomic mass is 9.95. The maximum absolute atomic E-state index is 13.0. The number of primary amides is 1. The van der Waals surface area contributed by atoms with Crippen LogP contribution in [0.15, 0.2) is 47.6 Å². The van der Waals surface area contributed by atoms with Crippen LogP contribution in [-0.2, 0) is 11.3 Å². The highest BCUT2D eigenvalue weighted by molar-refractivity contribution is 5.80. The van der Waals surface area contributed by atoms with Gasteiger partial charge in [-0.2, -0.15) is 0 Å². The van der Waals surface area contributed by atoms with Gasteiger partial charge >= 0.3 is 0 Å². The number of aromatic nitrogens is 1. The number of amides is 1. The Morgan fingerprint density at radius 2 is 2.13 bits per heavy atom. The van der Waals surface area contributed by atoms with Gasteiger partial charge in [0.25, 0.3) is 0 Å². The van der Waals surface area contributed by atoms with Crippen molar-refractivity contribution in [2.24, 2.45) is 16.6 Å². The number of nitrogens with one attached hydrogen (secondary N) is 1. The average Bonchev–Trinajstić information content (AvgIpc) is 2.73. The van der Waals surface area contributed by atoms with Crippen LogP contribution in [0, 0.1) is 11.7 Å². The monoisotopic (exact) mass is 413 g/mol. The Balaban J connectivity index is 1.61. The molecule has 0 spiro atoms. The number of benzene rings is 1. The van der Waals surface area contributed by atoms with E-state index < -0.39 is 0 Å². The summed E-state index contributed by atoms with van der Waals surface area (Å²) in [5.41, 5.74) is 6.32. The highest BCUT2D eigenvalue weighted by Gasteiger charge is 2.23. The summed E-state index contributed by atoms with van der Waals surface area (Å²) < 4.78 is 18.6. The first-order valence-corrected chi connectivity index (χ1v) is 10.2. The summed E-state index contributed by atoms with van der Waals surface area (Å²) in [7, 11) is 0. The number of nitrogens with two attached hydrogens (primary N) is 1. The molecule has 2 aromatic rings. The van der Waals surface area contributed by atoms with Crippen molar-refractivity contribution < 1.29 is 13.9 Å². The van der Waals surface area contributed by atoms with E-state index in [0.29, 0.717) is 24.6 Å². The van der Waals surface area contributed by atoms with Gasteiger partial charge in [0.05, 0.1) is 6.54 Å². The van der Waals surface area contributed by atoms with Gasteiger partial charge in [-0.25, -0.2) is 14.4 Å². The fourth-order valence-electron chi connectivity index (χ4n) is 3.49. The largest absolute Gasteiger partial charge is 0.439 e. The lowest BCUT2D eigenvalue weighted by Gasteiger charge is -2.34. The Bertz CT molecular complexity index is 855. The van der Waals surface area contributed by atoms with E-state index in [2.05, 4.69) is 15.2 Å². The molecule has 8 heteroatoms. The second-order valence-electron chi connectivity index (χ2n) is 7.36. The lowest BCUT2D eigenvalue weighted by Crippen LogP contribution is -2.47. The average molecular weight is 413 g/mol. The molecule has 0 bridgehead atoms. The Kier molecular flexibility index (Phi) is 7.59. The quantitative estimate of drug-likeness (QED) is 0.538. The van der Waals surface area contributed by atoms with Gasteiger partial charge in [-0.15, -0.1) is 0 Å². The number of nitrogens with zero attached hydrogens (tertiary/aromatic N) is 3. The molecule has 1 amide bonds. The Labute approximate surface area is 176 Å². The van der Waals surface area contributed by atoms with E-state index in [1.807, 2.05) is 13.0 Å². The lowest BCUT2D eigenvalue weighted by molar-refractivity contribution is -0.119. The zero-order valence-corrected chi connectivity index (χ0v) is 17.2. The Hall–Kier alpha value is -3.16. The molecule has 30 heavy (non-hydrogen) atoms.